The van der Waals surface area contributed by atoms with E-state index in [1.54, 1.807) is 0 Å². The van der Waals surface area contributed by atoms with E-state index >= 15 is 0 Å². The maximum atomic E-state index is 12.5. The topological polar surface area (TPSA) is 105 Å². The Balaban J connectivity index is 1.57. The van der Waals surface area contributed by atoms with Gasteiger partial charge >= 0.3 is 12.1 Å². The van der Waals surface area contributed by atoms with Gasteiger partial charge in [0.2, 0.25) is 5.91 Å². The first-order chi connectivity index (χ1) is 15.5. The predicted molar refractivity (Wildman–Crippen MR) is 121 cm³/mol. The van der Waals surface area contributed by atoms with Crippen LogP contribution in [-0.4, -0.2) is 42.3 Å². The fraction of sp³-hybridized carbons (Fsp3) is 0.400. The number of hydrogen-bond donors (Lipinski definition) is 3. The number of carbonyl (C=O) groups is 3. The molecule has 0 spiro atoms. The standard InChI is InChI=1S/C25H30N2O5/c1-2-3-8-17(15-23(28)26-14-13-24(29)30)27-25(31)32-16-22-20-11-6-4-9-18(20)19-10-5-7-12-21(19)22/h4-7,9-12,17,22H,2-3,8,13-16H2,1H3,(H,26,28)(H,27,31)(H,29,30)/t17-/m0/s1. The average molecular weight is 439 g/mol. The van der Waals surface area contributed by atoms with Crippen molar-refractivity contribution in [2.45, 2.75) is 51.0 Å². The Hall–Kier alpha value is -3.35. The van der Waals surface area contributed by atoms with Crippen LogP contribution in [0.4, 0.5) is 4.79 Å². The average Bonchev–Trinajstić information content (AvgIpc) is 3.09. The summed E-state index contributed by atoms with van der Waals surface area (Å²) in [5.41, 5.74) is 4.61. The predicted octanol–water partition coefficient (Wildman–Crippen LogP) is 4.06. The Bertz CT molecular complexity index is 913. The number of carboxylic acid groups (broad SMARTS) is 1. The van der Waals surface area contributed by atoms with Crippen molar-refractivity contribution in [3.8, 4) is 11.1 Å². The summed E-state index contributed by atoms with van der Waals surface area (Å²) in [6.07, 6.45) is 1.84. The minimum Gasteiger partial charge on any atom is -0.481 e. The third-order valence-corrected chi connectivity index (χ3v) is 5.66. The molecule has 7 nitrogen and oxygen atoms in total. The van der Waals surface area contributed by atoms with Crippen LogP contribution in [0.1, 0.15) is 56.1 Å². The van der Waals surface area contributed by atoms with Crippen LogP contribution in [-0.2, 0) is 14.3 Å². The highest BCUT2D eigenvalue weighted by Crippen LogP contribution is 2.44. The summed E-state index contributed by atoms with van der Waals surface area (Å²) >= 11 is 0. The zero-order valence-corrected chi connectivity index (χ0v) is 18.3. The normalized spacial score (nSPS) is 13.0. The molecule has 0 fully saturated rings. The zero-order chi connectivity index (χ0) is 22.9. The molecule has 0 heterocycles. The van der Waals surface area contributed by atoms with Gasteiger partial charge in [0.15, 0.2) is 0 Å². The summed E-state index contributed by atoms with van der Waals surface area (Å²) in [5.74, 6) is -1.28. The van der Waals surface area contributed by atoms with Crippen molar-refractivity contribution >= 4 is 18.0 Å². The lowest BCUT2D eigenvalue weighted by molar-refractivity contribution is -0.136. The molecule has 0 aromatic heterocycles. The molecule has 1 aliphatic rings. The molecule has 0 unspecified atom stereocenters. The maximum Gasteiger partial charge on any atom is 0.407 e. The van der Waals surface area contributed by atoms with Gasteiger partial charge in [-0.3, -0.25) is 9.59 Å². The van der Waals surface area contributed by atoms with Gasteiger partial charge in [-0.1, -0.05) is 68.3 Å². The summed E-state index contributed by atoms with van der Waals surface area (Å²) in [6, 6.07) is 15.9. The Kier molecular flexibility index (Phi) is 8.25. The molecule has 2 aromatic carbocycles. The van der Waals surface area contributed by atoms with Gasteiger partial charge in [-0.15, -0.1) is 0 Å². The number of benzene rings is 2. The van der Waals surface area contributed by atoms with E-state index in [1.165, 1.54) is 0 Å². The molecular weight excluding hydrogens is 408 g/mol. The van der Waals surface area contributed by atoms with Crippen LogP contribution in [0.2, 0.25) is 0 Å². The van der Waals surface area contributed by atoms with Crippen molar-refractivity contribution in [2.24, 2.45) is 0 Å². The van der Waals surface area contributed by atoms with Crippen molar-refractivity contribution in [1.29, 1.82) is 0 Å². The Morgan fingerprint density at radius 3 is 2.25 bits per heavy atom. The highest BCUT2D eigenvalue weighted by molar-refractivity contribution is 5.80. The molecule has 2 amide bonds. The molecule has 2 aromatic rings. The van der Waals surface area contributed by atoms with Crippen LogP contribution in [0, 0.1) is 0 Å². The van der Waals surface area contributed by atoms with Gasteiger partial charge in [-0.25, -0.2) is 4.79 Å². The van der Waals surface area contributed by atoms with Gasteiger partial charge in [0.25, 0.3) is 0 Å². The molecule has 1 atom stereocenters. The lowest BCUT2D eigenvalue weighted by Gasteiger charge is -2.20. The van der Waals surface area contributed by atoms with Gasteiger partial charge in [-0.05, 0) is 28.7 Å². The highest BCUT2D eigenvalue weighted by Gasteiger charge is 2.29. The number of carboxylic acids is 1. The molecular formula is C25H30N2O5. The molecule has 0 saturated carbocycles. The second-order valence-electron chi connectivity index (χ2n) is 8.01. The third-order valence-electron chi connectivity index (χ3n) is 5.66. The number of rotatable bonds is 11. The molecule has 170 valence electrons. The van der Waals surface area contributed by atoms with Gasteiger partial charge in [0.1, 0.15) is 6.61 Å². The lowest BCUT2D eigenvalue weighted by atomic mass is 9.98. The van der Waals surface area contributed by atoms with Gasteiger partial charge in [0, 0.05) is 24.9 Å². The number of ether oxygens (including phenoxy) is 1. The molecule has 7 heteroatoms. The van der Waals surface area contributed by atoms with Crippen molar-refractivity contribution in [2.75, 3.05) is 13.2 Å². The fourth-order valence-electron chi connectivity index (χ4n) is 4.09. The lowest BCUT2D eigenvalue weighted by Crippen LogP contribution is -2.40. The summed E-state index contributed by atoms with van der Waals surface area (Å²) in [6.45, 7) is 2.32. The van der Waals surface area contributed by atoms with Crippen LogP contribution >= 0.6 is 0 Å². The van der Waals surface area contributed by atoms with E-state index in [9.17, 15) is 14.4 Å². The monoisotopic (exact) mass is 438 g/mol. The number of nitrogens with one attached hydrogen (secondary N) is 2. The number of hydrogen-bond acceptors (Lipinski definition) is 4. The first-order valence-electron chi connectivity index (χ1n) is 11.1. The Labute approximate surface area is 188 Å². The van der Waals surface area contributed by atoms with Gasteiger partial charge < -0.3 is 20.5 Å². The van der Waals surface area contributed by atoms with Crippen LogP contribution in [0.5, 0.6) is 0 Å². The van der Waals surface area contributed by atoms with Crippen molar-refractivity contribution in [3.63, 3.8) is 0 Å². The molecule has 3 rings (SSSR count). The number of fused-ring (bicyclic) bond motifs is 3. The second kappa shape index (κ2) is 11.3. The fourth-order valence-corrected chi connectivity index (χ4v) is 4.09. The molecule has 1 aliphatic carbocycles. The van der Waals surface area contributed by atoms with E-state index in [0.717, 1.165) is 35.1 Å². The van der Waals surface area contributed by atoms with E-state index in [4.69, 9.17) is 9.84 Å². The Morgan fingerprint density at radius 1 is 1.03 bits per heavy atom. The molecule has 0 bridgehead atoms. The van der Waals surface area contributed by atoms with Gasteiger partial charge in [-0.2, -0.15) is 0 Å². The van der Waals surface area contributed by atoms with E-state index in [-0.39, 0.29) is 43.9 Å². The van der Waals surface area contributed by atoms with Crippen molar-refractivity contribution in [1.82, 2.24) is 10.6 Å². The van der Waals surface area contributed by atoms with Gasteiger partial charge in [0.05, 0.1) is 6.42 Å². The number of alkyl carbamates (subject to hydrolysis) is 1. The summed E-state index contributed by atoms with van der Waals surface area (Å²) in [4.78, 5) is 35.3. The van der Waals surface area contributed by atoms with Crippen molar-refractivity contribution in [3.05, 3.63) is 59.7 Å². The number of amides is 2. The number of aliphatic carboxylic acids is 1. The van der Waals surface area contributed by atoms with Crippen LogP contribution in [0.3, 0.4) is 0 Å². The smallest absolute Gasteiger partial charge is 0.407 e. The van der Waals surface area contributed by atoms with Crippen LogP contribution < -0.4 is 10.6 Å². The van der Waals surface area contributed by atoms with Crippen molar-refractivity contribution < 1.29 is 24.2 Å². The first kappa shape index (κ1) is 23.3. The summed E-state index contributed by atoms with van der Waals surface area (Å²) in [5, 5.41) is 14.1. The molecule has 0 radical (unpaired) electrons. The highest BCUT2D eigenvalue weighted by atomic mass is 16.5. The summed E-state index contributed by atoms with van der Waals surface area (Å²) in [7, 11) is 0. The minimum atomic E-state index is -0.968. The molecule has 0 aliphatic heterocycles. The third kappa shape index (κ3) is 6.09. The second-order valence-corrected chi connectivity index (χ2v) is 8.01. The number of unbranched alkanes of at least 4 members (excludes halogenated alkanes) is 1. The zero-order valence-electron chi connectivity index (χ0n) is 18.3. The molecule has 3 N–H and O–H groups in total. The SMILES string of the molecule is CCCC[C@@H](CC(=O)NCCC(=O)O)NC(=O)OCC1c2ccccc2-c2ccccc21. The van der Waals surface area contributed by atoms with E-state index in [2.05, 4.69) is 34.9 Å². The summed E-state index contributed by atoms with van der Waals surface area (Å²) < 4.78 is 5.58. The van der Waals surface area contributed by atoms with E-state index in [1.807, 2.05) is 31.2 Å². The Morgan fingerprint density at radius 2 is 1.66 bits per heavy atom. The largest absolute Gasteiger partial charge is 0.481 e. The van der Waals surface area contributed by atoms with E-state index < -0.39 is 12.1 Å². The minimum absolute atomic E-state index is 0.0263. The first-order valence-corrected chi connectivity index (χ1v) is 11.1. The maximum absolute atomic E-state index is 12.5. The quantitative estimate of drug-likeness (QED) is 0.491. The van der Waals surface area contributed by atoms with Crippen LogP contribution in [0.15, 0.2) is 48.5 Å². The number of carbonyl (C=O) groups excluding carboxylic acids is 2. The van der Waals surface area contributed by atoms with Crippen LogP contribution in [0.25, 0.3) is 11.1 Å². The van der Waals surface area contributed by atoms with E-state index in [0.29, 0.717) is 6.42 Å². The molecule has 0 saturated heterocycles. The molecule has 32 heavy (non-hydrogen) atoms.